The molecule has 2 aromatic rings. The molecule has 4 heteroatoms. The molecule has 1 aromatic carbocycles. The maximum Gasteiger partial charge on any atom is 0.255 e. The number of phenolic OH excluding ortho intramolecular Hbond substituents is 1. The molecule has 0 bridgehead atoms. The minimum Gasteiger partial charge on any atom is -0.505 e. The molecule has 1 aromatic heterocycles. The number of phenols is 1. The third kappa shape index (κ3) is 3.06. The lowest BCUT2D eigenvalue weighted by Crippen LogP contribution is -2.41. The first-order chi connectivity index (χ1) is 10.2. The molecule has 2 atom stereocenters. The van der Waals surface area contributed by atoms with Crippen molar-refractivity contribution in [2.75, 3.05) is 0 Å². The van der Waals surface area contributed by atoms with Gasteiger partial charge in [0.05, 0.1) is 5.56 Å². The Bertz CT molecular complexity index is 669. The summed E-state index contributed by atoms with van der Waals surface area (Å²) >= 11 is 0. The van der Waals surface area contributed by atoms with Gasteiger partial charge in [0.25, 0.3) is 5.91 Å². The largest absolute Gasteiger partial charge is 0.505 e. The van der Waals surface area contributed by atoms with Crippen LogP contribution >= 0.6 is 0 Å². The number of aromatic hydroxyl groups is 1. The normalized spacial score (nSPS) is 21.1. The van der Waals surface area contributed by atoms with E-state index < -0.39 is 0 Å². The Morgan fingerprint density at radius 2 is 2.05 bits per heavy atom. The van der Waals surface area contributed by atoms with Gasteiger partial charge in [-0.1, -0.05) is 39.3 Å². The molecule has 1 saturated carbocycles. The Balaban J connectivity index is 0.00000176. The molecular weight excluding hydrogens is 276 g/mol. The number of carbonyl (C=O) groups is 1. The van der Waals surface area contributed by atoms with E-state index in [4.69, 9.17) is 0 Å². The summed E-state index contributed by atoms with van der Waals surface area (Å²) in [6.45, 7) is 2.17. The van der Waals surface area contributed by atoms with Crippen molar-refractivity contribution in [1.29, 1.82) is 0 Å². The summed E-state index contributed by atoms with van der Waals surface area (Å²) in [6.07, 6.45) is 6.17. The zero-order chi connectivity index (χ0) is 14.8. The van der Waals surface area contributed by atoms with Gasteiger partial charge in [-0.2, -0.15) is 0 Å². The molecule has 1 fully saturated rings. The summed E-state index contributed by atoms with van der Waals surface area (Å²) in [5.74, 6) is 0.247. The zero-order valence-electron chi connectivity index (χ0n) is 12.2. The smallest absolute Gasteiger partial charge is 0.255 e. The Hall–Kier alpha value is -2.10. The summed E-state index contributed by atoms with van der Waals surface area (Å²) in [4.78, 5) is 16.6. The highest BCUT2D eigenvalue weighted by Gasteiger charge is 2.24. The number of hydrogen-bond donors (Lipinski definition) is 2. The van der Waals surface area contributed by atoms with Crippen LogP contribution in [0.5, 0.6) is 5.75 Å². The molecule has 2 unspecified atom stereocenters. The maximum absolute atomic E-state index is 12.4. The van der Waals surface area contributed by atoms with Crippen LogP contribution in [0.4, 0.5) is 0 Å². The molecule has 0 spiro atoms. The van der Waals surface area contributed by atoms with E-state index in [9.17, 15) is 9.90 Å². The van der Waals surface area contributed by atoms with Gasteiger partial charge >= 0.3 is 0 Å². The van der Waals surface area contributed by atoms with Gasteiger partial charge in [0.15, 0.2) is 5.75 Å². The lowest BCUT2D eigenvalue weighted by Gasteiger charge is -2.29. The molecule has 0 radical (unpaired) electrons. The zero-order valence-corrected chi connectivity index (χ0v) is 12.2. The number of fused-ring (bicyclic) bond motifs is 1. The van der Waals surface area contributed by atoms with Gasteiger partial charge in [0, 0.05) is 17.6 Å². The van der Waals surface area contributed by atoms with Gasteiger partial charge in [-0.3, -0.25) is 9.78 Å². The van der Waals surface area contributed by atoms with Crippen molar-refractivity contribution < 1.29 is 9.90 Å². The second-order valence-electron chi connectivity index (χ2n) is 5.88. The topological polar surface area (TPSA) is 62.2 Å². The average Bonchev–Trinajstić information content (AvgIpc) is 2.50. The van der Waals surface area contributed by atoms with Gasteiger partial charge in [-0.15, -0.1) is 0 Å². The Morgan fingerprint density at radius 1 is 1.27 bits per heavy atom. The third-order valence-electron chi connectivity index (χ3n) is 4.42. The summed E-state index contributed by atoms with van der Waals surface area (Å²) in [7, 11) is 0. The van der Waals surface area contributed by atoms with E-state index in [1.807, 2.05) is 18.2 Å². The minimum absolute atomic E-state index is 0. The standard InChI is InChI=1S/C17H20N2O2.CH4/c1-11-5-2-3-7-14(11)19-17(21)13-9-8-12-6-4-10-18-15(12)16(13)20;/h4,6,8-11,14,20H,2-3,5,7H2,1H3,(H,19,21);1H4. The number of pyridine rings is 1. The first-order valence-electron chi connectivity index (χ1n) is 7.54. The molecule has 1 heterocycles. The van der Waals surface area contributed by atoms with Crippen molar-refractivity contribution in [3.05, 3.63) is 36.0 Å². The van der Waals surface area contributed by atoms with Crippen LogP contribution in [0.2, 0.25) is 0 Å². The lowest BCUT2D eigenvalue weighted by molar-refractivity contribution is 0.0908. The molecule has 118 valence electrons. The number of amides is 1. The molecule has 1 amide bonds. The highest BCUT2D eigenvalue weighted by atomic mass is 16.3. The maximum atomic E-state index is 12.4. The SMILES string of the molecule is C.CC1CCCCC1NC(=O)c1ccc2cccnc2c1O. The number of benzene rings is 1. The Labute approximate surface area is 131 Å². The van der Waals surface area contributed by atoms with E-state index in [0.29, 0.717) is 17.0 Å². The van der Waals surface area contributed by atoms with Crippen molar-refractivity contribution in [1.82, 2.24) is 10.3 Å². The Morgan fingerprint density at radius 3 is 2.82 bits per heavy atom. The van der Waals surface area contributed by atoms with Crippen molar-refractivity contribution >= 4 is 16.8 Å². The van der Waals surface area contributed by atoms with Crippen LogP contribution in [0.25, 0.3) is 10.9 Å². The van der Waals surface area contributed by atoms with Crippen LogP contribution in [0.3, 0.4) is 0 Å². The first-order valence-corrected chi connectivity index (χ1v) is 7.54. The van der Waals surface area contributed by atoms with E-state index in [1.165, 1.54) is 6.42 Å². The number of nitrogens with one attached hydrogen (secondary N) is 1. The molecule has 3 rings (SSSR count). The molecule has 1 aliphatic rings. The molecular formula is C18H24N2O2. The number of carbonyl (C=O) groups excluding carboxylic acids is 1. The van der Waals surface area contributed by atoms with Gasteiger partial charge in [-0.05, 0) is 30.9 Å². The fourth-order valence-electron chi connectivity index (χ4n) is 3.09. The minimum atomic E-state index is -0.209. The molecule has 1 aliphatic carbocycles. The Kier molecular flexibility index (Phi) is 5.01. The number of hydrogen-bond acceptors (Lipinski definition) is 3. The predicted octanol–water partition coefficient (Wildman–Crippen LogP) is 3.89. The van der Waals surface area contributed by atoms with Gasteiger partial charge in [0.1, 0.15) is 5.52 Å². The molecule has 4 nitrogen and oxygen atoms in total. The predicted molar refractivity (Wildman–Crippen MR) is 89.0 cm³/mol. The van der Waals surface area contributed by atoms with E-state index in [2.05, 4.69) is 17.2 Å². The fraction of sp³-hybridized carbons (Fsp3) is 0.444. The van der Waals surface area contributed by atoms with Crippen molar-refractivity contribution in [3.8, 4) is 5.75 Å². The summed E-state index contributed by atoms with van der Waals surface area (Å²) in [5, 5.41) is 14.2. The van der Waals surface area contributed by atoms with Crippen LogP contribution in [-0.4, -0.2) is 22.0 Å². The highest BCUT2D eigenvalue weighted by molar-refractivity contribution is 6.02. The van der Waals surface area contributed by atoms with Crippen LogP contribution in [0, 0.1) is 5.92 Å². The number of nitrogens with zero attached hydrogens (tertiary/aromatic N) is 1. The fourth-order valence-corrected chi connectivity index (χ4v) is 3.09. The molecule has 0 saturated heterocycles. The number of rotatable bonds is 2. The molecule has 22 heavy (non-hydrogen) atoms. The van der Waals surface area contributed by atoms with Crippen LogP contribution < -0.4 is 5.32 Å². The van der Waals surface area contributed by atoms with Gasteiger partial charge < -0.3 is 10.4 Å². The van der Waals surface area contributed by atoms with Crippen molar-refractivity contribution in [3.63, 3.8) is 0 Å². The summed E-state index contributed by atoms with van der Waals surface area (Å²) < 4.78 is 0. The highest BCUT2D eigenvalue weighted by Crippen LogP contribution is 2.28. The third-order valence-corrected chi connectivity index (χ3v) is 4.42. The van der Waals surface area contributed by atoms with Crippen LogP contribution in [-0.2, 0) is 0 Å². The first kappa shape index (κ1) is 16.3. The summed E-state index contributed by atoms with van der Waals surface area (Å²) in [5.41, 5.74) is 0.779. The second kappa shape index (κ2) is 6.77. The van der Waals surface area contributed by atoms with Crippen LogP contribution in [0.15, 0.2) is 30.5 Å². The number of aromatic nitrogens is 1. The van der Waals surface area contributed by atoms with Crippen molar-refractivity contribution in [2.45, 2.75) is 46.1 Å². The van der Waals surface area contributed by atoms with Crippen molar-refractivity contribution in [2.24, 2.45) is 5.92 Å². The molecule has 2 N–H and O–H groups in total. The average molecular weight is 300 g/mol. The van der Waals surface area contributed by atoms with E-state index in [-0.39, 0.29) is 25.1 Å². The summed E-state index contributed by atoms with van der Waals surface area (Å²) in [6, 6.07) is 7.37. The van der Waals surface area contributed by atoms with Crippen LogP contribution in [0.1, 0.15) is 50.4 Å². The quantitative estimate of drug-likeness (QED) is 0.884. The van der Waals surface area contributed by atoms with E-state index in [1.54, 1.807) is 12.3 Å². The van der Waals surface area contributed by atoms with Gasteiger partial charge in [0.2, 0.25) is 0 Å². The van der Waals surface area contributed by atoms with E-state index >= 15 is 0 Å². The monoisotopic (exact) mass is 300 g/mol. The molecule has 0 aliphatic heterocycles. The van der Waals surface area contributed by atoms with E-state index in [0.717, 1.165) is 24.6 Å². The van der Waals surface area contributed by atoms with Gasteiger partial charge in [-0.25, -0.2) is 0 Å². The lowest BCUT2D eigenvalue weighted by atomic mass is 9.86. The second-order valence-corrected chi connectivity index (χ2v) is 5.88.